The largest absolute Gasteiger partial charge is 0.368 e. The fourth-order valence-corrected chi connectivity index (χ4v) is 1.58. The van der Waals surface area contributed by atoms with Crippen LogP contribution in [-0.4, -0.2) is 24.2 Å². The standard InChI is InChI=1S/C11H11Cl2NO/c1-14(2)10(12)9(11(13)15)8-6-4-3-5-7-8/h3-7H,1-2H3. The molecule has 0 heterocycles. The van der Waals surface area contributed by atoms with E-state index in [1.54, 1.807) is 31.1 Å². The Balaban J connectivity index is 3.27. The van der Waals surface area contributed by atoms with Crippen LogP contribution >= 0.6 is 23.2 Å². The van der Waals surface area contributed by atoms with Crippen LogP contribution in [0.4, 0.5) is 0 Å². The number of rotatable bonds is 3. The van der Waals surface area contributed by atoms with E-state index in [1.807, 2.05) is 18.2 Å². The van der Waals surface area contributed by atoms with Crippen molar-refractivity contribution in [3.05, 3.63) is 41.1 Å². The van der Waals surface area contributed by atoms with E-state index in [0.717, 1.165) is 5.56 Å². The van der Waals surface area contributed by atoms with Gasteiger partial charge >= 0.3 is 0 Å². The normalized spacial score (nSPS) is 12.0. The molecule has 0 saturated heterocycles. The Morgan fingerprint density at radius 3 is 2.07 bits per heavy atom. The quantitative estimate of drug-likeness (QED) is 0.463. The van der Waals surface area contributed by atoms with E-state index >= 15 is 0 Å². The van der Waals surface area contributed by atoms with E-state index in [0.29, 0.717) is 10.7 Å². The summed E-state index contributed by atoms with van der Waals surface area (Å²) in [7, 11) is 3.51. The summed E-state index contributed by atoms with van der Waals surface area (Å²) in [6, 6.07) is 9.11. The molecule has 0 aliphatic carbocycles. The zero-order chi connectivity index (χ0) is 11.4. The Bertz CT molecular complexity index is 385. The average Bonchev–Trinajstić information content (AvgIpc) is 2.18. The second kappa shape index (κ2) is 5.19. The lowest BCUT2D eigenvalue weighted by molar-refractivity contribution is -0.107. The molecule has 0 aliphatic rings. The molecule has 0 radical (unpaired) electrons. The van der Waals surface area contributed by atoms with Crippen molar-refractivity contribution in [1.29, 1.82) is 0 Å². The van der Waals surface area contributed by atoms with E-state index in [4.69, 9.17) is 23.2 Å². The van der Waals surface area contributed by atoms with Crippen molar-refractivity contribution in [2.75, 3.05) is 14.1 Å². The first-order valence-corrected chi connectivity index (χ1v) is 5.12. The van der Waals surface area contributed by atoms with Gasteiger partial charge in [0.05, 0.1) is 5.57 Å². The Hall–Kier alpha value is -0.990. The number of halogens is 2. The van der Waals surface area contributed by atoms with Crippen LogP contribution in [0.3, 0.4) is 0 Å². The minimum Gasteiger partial charge on any atom is -0.368 e. The van der Waals surface area contributed by atoms with E-state index in [2.05, 4.69) is 0 Å². The molecule has 1 aromatic rings. The first-order valence-electron chi connectivity index (χ1n) is 4.36. The van der Waals surface area contributed by atoms with Gasteiger partial charge in [-0.05, 0) is 17.2 Å². The third-order valence-electron chi connectivity index (χ3n) is 1.86. The minimum atomic E-state index is -0.556. The maximum atomic E-state index is 11.3. The molecule has 2 nitrogen and oxygen atoms in total. The van der Waals surface area contributed by atoms with Crippen molar-refractivity contribution in [3.63, 3.8) is 0 Å². The van der Waals surface area contributed by atoms with E-state index in [9.17, 15) is 4.79 Å². The average molecular weight is 244 g/mol. The molecule has 0 unspecified atom stereocenters. The molecule has 15 heavy (non-hydrogen) atoms. The van der Waals surface area contributed by atoms with Gasteiger partial charge in [0.2, 0.25) is 0 Å². The van der Waals surface area contributed by atoms with Gasteiger partial charge in [-0.15, -0.1) is 0 Å². The Labute approximate surface area is 99.1 Å². The number of nitrogens with zero attached hydrogens (tertiary/aromatic N) is 1. The minimum absolute atomic E-state index is 0.323. The van der Waals surface area contributed by atoms with Gasteiger partial charge in [0.15, 0.2) is 0 Å². The number of carbonyl (C=O) groups excluding carboxylic acids is 1. The number of benzene rings is 1. The van der Waals surface area contributed by atoms with Gasteiger partial charge in [-0.2, -0.15) is 0 Å². The van der Waals surface area contributed by atoms with Crippen LogP contribution < -0.4 is 0 Å². The summed E-state index contributed by atoms with van der Waals surface area (Å²) in [5.74, 6) is 0. The van der Waals surface area contributed by atoms with Crippen LogP contribution in [0.15, 0.2) is 35.5 Å². The molecule has 0 saturated carbocycles. The van der Waals surface area contributed by atoms with Crippen molar-refractivity contribution >= 4 is 34.0 Å². The summed E-state index contributed by atoms with van der Waals surface area (Å²) in [5.41, 5.74) is 1.04. The van der Waals surface area contributed by atoms with E-state index in [-0.39, 0.29) is 0 Å². The van der Waals surface area contributed by atoms with Crippen molar-refractivity contribution < 1.29 is 4.79 Å². The van der Waals surface area contributed by atoms with Crippen molar-refractivity contribution in [1.82, 2.24) is 4.90 Å². The summed E-state index contributed by atoms with van der Waals surface area (Å²) >= 11 is 11.5. The number of hydrogen-bond donors (Lipinski definition) is 0. The molecule has 1 rings (SSSR count). The van der Waals surface area contributed by atoms with Crippen molar-refractivity contribution in [3.8, 4) is 0 Å². The molecule has 0 spiro atoms. The summed E-state index contributed by atoms with van der Waals surface area (Å²) in [4.78, 5) is 12.9. The Morgan fingerprint density at radius 1 is 1.13 bits per heavy atom. The van der Waals surface area contributed by atoms with Crippen LogP contribution in [0.2, 0.25) is 0 Å². The summed E-state index contributed by atoms with van der Waals surface area (Å²) in [5, 5.41) is -0.221. The maximum absolute atomic E-state index is 11.3. The zero-order valence-corrected chi connectivity index (χ0v) is 10.0. The molecule has 0 N–H and O–H groups in total. The SMILES string of the molecule is CN(C)C(Cl)=C(C(=O)Cl)c1ccccc1. The topological polar surface area (TPSA) is 20.3 Å². The zero-order valence-electron chi connectivity index (χ0n) is 8.50. The lowest BCUT2D eigenvalue weighted by atomic mass is 10.1. The highest BCUT2D eigenvalue weighted by Gasteiger charge is 2.15. The highest BCUT2D eigenvalue weighted by Crippen LogP contribution is 2.24. The molecule has 1 aromatic carbocycles. The predicted octanol–water partition coefficient (Wildman–Crippen LogP) is 2.92. The molecule has 4 heteroatoms. The van der Waals surface area contributed by atoms with E-state index in [1.165, 1.54) is 0 Å². The molecule has 80 valence electrons. The molecule has 0 fully saturated rings. The highest BCUT2D eigenvalue weighted by molar-refractivity contribution is 6.75. The lowest BCUT2D eigenvalue weighted by Crippen LogP contribution is -2.11. The highest BCUT2D eigenvalue weighted by atomic mass is 35.5. The molecular formula is C11H11Cl2NO. The monoisotopic (exact) mass is 243 g/mol. The van der Waals surface area contributed by atoms with Crippen LogP contribution in [-0.2, 0) is 4.79 Å². The summed E-state index contributed by atoms with van der Waals surface area (Å²) in [6.45, 7) is 0. The van der Waals surface area contributed by atoms with E-state index < -0.39 is 5.24 Å². The van der Waals surface area contributed by atoms with Gasteiger partial charge in [0.1, 0.15) is 5.16 Å². The third-order valence-corrected chi connectivity index (χ3v) is 2.57. The number of allylic oxidation sites excluding steroid dienone is 1. The molecule has 0 amide bonds. The first-order chi connectivity index (χ1) is 7.04. The fourth-order valence-electron chi connectivity index (χ4n) is 1.14. The molecule has 0 atom stereocenters. The van der Waals surface area contributed by atoms with Gasteiger partial charge < -0.3 is 4.90 Å². The van der Waals surface area contributed by atoms with Gasteiger partial charge in [-0.25, -0.2) is 0 Å². The third kappa shape index (κ3) is 2.98. The summed E-state index contributed by atoms with van der Waals surface area (Å²) < 4.78 is 0. The molecule has 0 aliphatic heterocycles. The van der Waals surface area contributed by atoms with Crippen LogP contribution in [0, 0.1) is 0 Å². The Kier molecular flexibility index (Phi) is 4.18. The van der Waals surface area contributed by atoms with Gasteiger partial charge in [-0.3, -0.25) is 4.79 Å². The Morgan fingerprint density at radius 2 is 1.67 bits per heavy atom. The summed E-state index contributed by atoms with van der Waals surface area (Å²) in [6.07, 6.45) is 0. The first kappa shape index (κ1) is 12.1. The molecule has 0 aromatic heterocycles. The molecule has 0 bridgehead atoms. The number of hydrogen-bond acceptors (Lipinski definition) is 2. The molecular weight excluding hydrogens is 233 g/mol. The van der Waals surface area contributed by atoms with Crippen molar-refractivity contribution in [2.45, 2.75) is 0 Å². The van der Waals surface area contributed by atoms with Gasteiger partial charge in [-0.1, -0.05) is 41.9 Å². The number of carbonyl (C=O) groups is 1. The van der Waals surface area contributed by atoms with Gasteiger partial charge in [0, 0.05) is 14.1 Å². The van der Waals surface area contributed by atoms with Crippen LogP contribution in [0.25, 0.3) is 5.57 Å². The lowest BCUT2D eigenvalue weighted by Gasteiger charge is -2.14. The van der Waals surface area contributed by atoms with Crippen LogP contribution in [0.5, 0.6) is 0 Å². The van der Waals surface area contributed by atoms with Crippen LogP contribution in [0.1, 0.15) is 5.56 Å². The second-order valence-corrected chi connectivity index (χ2v) is 3.90. The predicted molar refractivity (Wildman–Crippen MR) is 63.8 cm³/mol. The van der Waals surface area contributed by atoms with Gasteiger partial charge in [0.25, 0.3) is 5.24 Å². The maximum Gasteiger partial charge on any atom is 0.256 e. The van der Waals surface area contributed by atoms with Crippen molar-refractivity contribution in [2.24, 2.45) is 0 Å². The smallest absolute Gasteiger partial charge is 0.256 e. The fraction of sp³-hybridized carbons (Fsp3) is 0.182. The second-order valence-electron chi connectivity index (χ2n) is 3.20.